The second kappa shape index (κ2) is 6.39. The third kappa shape index (κ3) is 3.48. The average molecular weight is 331 g/mol. The molecular weight excluding hydrogens is 320 g/mol. The number of rotatable bonds is 5. The maximum atomic E-state index is 11.9. The lowest BCUT2D eigenvalue weighted by Gasteiger charge is -2.01. The lowest BCUT2D eigenvalue weighted by atomic mass is 10.0. The van der Waals surface area contributed by atoms with E-state index < -0.39 is 18.0 Å². The van der Waals surface area contributed by atoms with Gasteiger partial charge in [0, 0.05) is 15.6 Å². The molecule has 0 aliphatic carbocycles. The summed E-state index contributed by atoms with van der Waals surface area (Å²) in [6, 6.07) is 14.9. The molecule has 3 nitrogen and oxygen atoms in total. The van der Waals surface area contributed by atoms with Gasteiger partial charge in [0.2, 0.25) is 11.6 Å². The smallest absolute Gasteiger partial charge is 0.229 e. The summed E-state index contributed by atoms with van der Waals surface area (Å²) in [5, 5.41) is 0. The Hall–Kier alpha value is -2.07. The molecule has 2 aromatic rings. The first-order valence-corrected chi connectivity index (χ1v) is 6.78. The third-order valence-corrected chi connectivity index (χ3v) is 3.31. The van der Waals surface area contributed by atoms with Crippen molar-refractivity contribution in [1.29, 1.82) is 0 Å². The van der Waals surface area contributed by atoms with Crippen LogP contribution >= 0.6 is 15.9 Å². The zero-order valence-corrected chi connectivity index (χ0v) is 12.1. The molecule has 2 rings (SSSR count). The molecule has 2 aromatic carbocycles. The molecule has 0 atom stereocenters. The molecule has 0 amide bonds. The summed E-state index contributed by atoms with van der Waals surface area (Å²) in [4.78, 5) is 35.6. The molecular formula is C16H11BrO3. The lowest BCUT2D eigenvalue weighted by Crippen LogP contribution is -2.18. The van der Waals surface area contributed by atoms with Gasteiger partial charge in [0.1, 0.15) is 0 Å². The van der Waals surface area contributed by atoms with Crippen LogP contribution in [-0.2, 0) is 4.79 Å². The van der Waals surface area contributed by atoms with Gasteiger partial charge in [-0.25, -0.2) is 0 Å². The van der Waals surface area contributed by atoms with Crippen LogP contribution in [0.2, 0.25) is 0 Å². The van der Waals surface area contributed by atoms with E-state index in [0.29, 0.717) is 11.1 Å². The third-order valence-electron chi connectivity index (χ3n) is 2.78. The first-order chi connectivity index (χ1) is 9.58. The van der Waals surface area contributed by atoms with Gasteiger partial charge in [0.05, 0.1) is 6.42 Å². The molecule has 0 radical (unpaired) electrons. The van der Waals surface area contributed by atoms with Gasteiger partial charge in [-0.05, 0) is 12.1 Å². The molecule has 100 valence electrons. The molecule has 0 unspecified atom stereocenters. The van der Waals surface area contributed by atoms with Crippen molar-refractivity contribution in [3.63, 3.8) is 0 Å². The number of halogens is 1. The fraction of sp³-hybridized carbons (Fsp3) is 0.0625. The fourth-order valence-electron chi connectivity index (χ4n) is 1.71. The Morgan fingerprint density at radius 2 is 1.40 bits per heavy atom. The van der Waals surface area contributed by atoms with Crippen LogP contribution in [0.25, 0.3) is 0 Å². The van der Waals surface area contributed by atoms with Crippen LogP contribution in [0.3, 0.4) is 0 Å². The summed E-state index contributed by atoms with van der Waals surface area (Å²) in [6.07, 6.45) is -0.407. The Balaban J connectivity index is 2.06. The summed E-state index contributed by atoms with van der Waals surface area (Å²) in [6.45, 7) is 0. The number of benzene rings is 2. The van der Waals surface area contributed by atoms with Crippen molar-refractivity contribution in [2.45, 2.75) is 6.42 Å². The Labute approximate surface area is 124 Å². The van der Waals surface area contributed by atoms with Gasteiger partial charge in [0.25, 0.3) is 0 Å². The SMILES string of the molecule is O=C(CC(=O)c1ccc(Br)cc1)C(=O)c1ccccc1. The number of carbonyl (C=O) groups excluding carboxylic acids is 3. The van der Waals surface area contributed by atoms with Crippen molar-refractivity contribution < 1.29 is 14.4 Å². The molecule has 0 heterocycles. The van der Waals surface area contributed by atoms with E-state index in [0.717, 1.165) is 4.47 Å². The van der Waals surface area contributed by atoms with E-state index in [9.17, 15) is 14.4 Å². The number of hydrogen-bond donors (Lipinski definition) is 0. The van der Waals surface area contributed by atoms with Crippen molar-refractivity contribution in [2.24, 2.45) is 0 Å². The highest BCUT2D eigenvalue weighted by Crippen LogP contribution is 2.13. The van der Waals surface area contributed by atoms with Gasteiger partial charge < -0.3 is 0 Å². The molecule has 0 fully saturated rings. The maximum Gasteiger partial charge on any atom is 0.229 e. The van der Waals surface area contributed by atoms with Crippen LogP contribution in [0, 0.1) is 0 Å². The van der Waals surface area contributed by atoms with Gasteiger partial charge in [-0.3, -0.25) is 14.4 Å². The first-order valence-electron chi connectivity index (χ1n) is 5.99. The molecule has 0 N–H and O–H groups in total. The quantitative estimate of drug-likeness (QED) is 0.479. The molecule has 0 bridgehead atoms. The summed E-state index contributed by atoms with van der Waals surface area (Å²) in [5.41, 5.74) is 0.725. The highest BCUT2D eigenvalue weighted by molar-refractivity contribution is 9.10. The molecule has 4 heteroatoms. The molecule has 0 aromatic heterocycles. The average Bonchev–Trinajstić information content (AvgIpc) is 2.48. The van der Waals surface area contributed by atoms with Gasteiger partial charge in [-0.2, -0.15) is 0 Å². The highest BCUT2D eigenvalue weighted by Gasteiger charge is 2.20. The van der Waals surface area contributed by atoms with Crippen molar-refractivity contribution in [1.82, 2.24) is 0 Å². The largest absolute Gasteiger partial charge is 0.294 e. The van der Waals surface area contributed by atoms with Gasteiger partial charge in [0.15, 0.2) is 5.78 Å². The molecule has 0 saturated heterocycles. The van der Waals surface area contributed by atoms with Crippen molar-refractivity contribution in [3.05, 3.63) is 70.2 Å². The van der Waals surface area contributed by atoms with E-state index in [2.05, 4.69) is 15.9 Å². The second-order valence-corrected chi connectivity index (χ2v) is 5.14. The Morgan fingerprint density at radius 3 is 2.00 bits per heavy atom. The normalized spacial score (nSPS) is 10.1. The number of Topliss-reactive ketones (excluding diaryl/α,β-unsaturated/α-hetero) is 3. The van der Waals surface area contributed by atoms with Crippen LogP contribution < -0.4 is 0 Å². The van der Waals surface area contributed by atoms with E-state index in [1.165, 1.54) is 0 Å². The predicted molar refractivity (Wildman–Crippen MR) is 78.9 cm³/mol. The standard InChI is InChI=1S/C16H11BrO3/c17-13-8-6-11(7-9-13)14(18)10-15(19)16(20)12-4-2-1-3-5-12/h1-9H,10H2. The van der Waals surface area contributed by atoms with E-state index in [1.54, 1.807) is 54.6 Å². The Bertz CT molecular complexity index is 645. The zero-order valence-electron chi connectivity index (χ0n) is 10.5. The molecule has 0 saturated carbocycles. The summed E-state index contributed by atoms with van der Waals surface area (Å²) >= 11 is 3.27. The minimum absolute atomic E-state index is 0.307. The Morgan fingerprint density at radius 1 is 0.800 bits per heavy atom. The monoisotopic (exact) mass is 330 g/mol. The fourth-order valence-corrected chi connectivity index (χ4v) is 1.98. The van der Waals surface area contributed by atoms with Crippen LogP contribution in [0.15, 0.2) is 59.1 Å². The van der Waals surface area contributed by atoms with Gasteiger partial charge >= 0.3 is 0 Å². The van der Waals surface area contributed by atoms with E-state index in [-0.39, 0.29) is 5.78 Å². The van der Waals surface area contributed by atoms with Crippen molar-refractivity contribution in [3.8, 4) is 0 Å². The summed E-state index contributed by atoms with van der Waals surface area (Å²) in [5.74, 6) is -1.67. The maximum absolute atomic E-state index is 11.9. The molecule has 0 spiro atoms. The molecule has 20 heavy (non-hydrogen) atoms. The minimum Gasteiger partial charge on any atom is -0.294 e. The molecule has 0 aliphatic rings. The van der Waals surface area contributed by atoms with E-state index in [4.69, 9.17) is 0 Å². The zero-order chi connectivity index (χ0) is 14.5. The van der Waals surface area contributed by atoms with Crippen LogP contribution in [0.1, 0.15) is 27.1 Å². The van der Waals surface area contributed by atoms with Gasteiger partial charge in [-0.1, -0.05) is 58.4 Å². The van der Waals surface area contributed by atoms with E-state index >= 15 is 0 Å². The molecule has 0 aliphatic heterocycles. The first kappa shape index (κ1) is 14.3. The second-order valence-electron chi connectivity index (χ2n) is 4.23. The van der Waals surface area contributed by atoms with Crippen molar-refractivity contribution in [2.75, 3.05) is 0 Å². The van der Waals surface area contributed by atoms with Crippen LogP contribution in [0.5, 0.6) is 0 Å². The highest BCUT2D eigenvalue weighted by atomic mass is 79.9. The topological polar surface area (TPSA) is 51.2 Å². The predicted octanol–water partition coefficient (Wildman–Crippen LogP) is 3.47. The number of carbonyl (C=O) groups is 3. The van der Waals surface area contributed by atoms with E-state index in [1.807, 2.05) is 0 Å². The number of hydrogen-bond acceptors (Lipinski definition) is 3. The van der Waals surface area contributed by atoms with Crippen LogP contribution in [-0.4, -0.2) is 17.3 Å². The minimum atomic E-state index is -0.691. The Kier molecular flexibility index (Phi) is 4.58. The van der Waals surface area contributed by atoms with Gasteiger partial charge in [-0.15, -0.1) is 0 Å². The number of ketones is 3. The lowest BCUT2D eigenvalue weighted by molar-refractivity contribution is -0.114. The summed E-state index contributed by atoms with van der Waals surface area (Å²) < 4.78 is 0.848. The summed E-state index contributed by atoms with van der Waals surface area (Å²) in [7, 11) is 0. The van der Waals surface area contributed by atoms with Crippen molar-refractivity contribution >= 4 is 33.3 Å². The van der Waals surface area contributed by atoms with Crippen LogP contribution in [0.4, 0.5) is 0 Å².